The summed E-state index contributed by atoms with van der Waals surface area (Å²) in [4.78, 5) is 0. The van der Waals surface area contributed by atoms with Crippen LogP contribution in [0.25, 0.3) is 0 Å². The van der Waals surface area contributed by atoms with Crippen LogP contribution in [0.15, 0.2) is 0 Å². The predicted octanol–water partition coefficient (Wildman–Crippen LogP) is 9.81. The number of unbranched alkanes of at least 4 members (excludes halogenated alkanes) is 6. The standard InChI is InChI=1S/C26H54/c1-8-10-14-19-25(5)22-26(6,7)20-16-13-12-15-18-24(4)21-23(3)17-11-9-2/h23-25H,8-22H2,1-7H3. The van der Waals surface area contributed by atoms with Gasteiger partial charge in [-0.25, -0.2) is 0 Å². The van der Waals surface area contributed by atoms with E-state index >= 15 is 0 Å². The van der Waals surface area contributed by atoms with Gasteiger partial charge < -0.3 is 0 Å². The maximum absolute atomic E-state index is 2.50. The van der Waals surface area contributed by atoms with E-state index in [2.05, 4.69) is 48.5 Å². The maximum atomic E-state index is 2.50. The summed E-state index contributed by atoms with van der Waals surface area (Å²) in [5.41, 5.74) is 0.549. The largest absolute Gasteiger partial charge is 0.0654 e. The van der Waals surface area contributed by atoms with Gasteiger partial charge in [0.2, 0.25) is 0 Å². The zero-order chi connectivity index (χ0) is 19.8. The van der Waals surface area contributed by atoms with Gasteiger partial charge in [0, 0.05) is 0 Å². The Bertz CT molecular complexity index is 290. The van der Waals surface area contributed by atoms with E-state index in [0.29, 0.717) is 5.41 Å². The van der Waals surface area contributed by atoms with Gasteiger partial charge in [0.1, 0.15) is 0 Å². The second kappa shape index (κ2) is 16.0. The minimum atomic E-state index is 0.549. The first kappa shape index (κ1) is 26.0. The van der Waals surface area contributed by atoms with Crippen molar-refractivity contribution in [3.05, 3.63) is 0 Å². The molecule has 0 saturated carbocycles. The van der Waals surface area contributed by atoms with Gasteiger partial charge in [-0.1, -0.05) is 126 Å². The van der Waals surface area contributed by atoms with Gasteiger partial charge in [-0.2, -0.15) is 0 Å². The summed E-state index contributed by atoms with van der Waals surface area (Å²) in [5.74, 6) is 2.78. The molecule has 3 unspecified atom stereocenters. The Labute approximate surface area is 168 Å². The van der Waals surface area contributed by atoms with Crippen molar-refractivity contribution in [1.29, 1.82) is 0 Å². The second-order valence-corrected chi connectivity index (χ2v) is 10.5. The van der Waals surface area contributed by atoms with Crippen molar-refractivity contribution in [2.45, 2.75) is 145 Å². The molecule has 0 aliphatic rings. The van der Waals surface area contributed by atoms with E-state index in [1.807, 2.05) is 0 Å². The molecule has 0 nitrogen and oxygen atoms in total. The molecule has 0 aromatic carbocycles. The van der Waals surface area contributed by atoms with Crippen molar-refractivity contribution < 1.29 is 0 Å². The minimum Gasteiger partial charge on any atom is -0.0654 e. The van der Waals surface area contributed by atoms with Crippen LogP contribution in [0, 0.1) is 23.2 Å². The number of hydrogen-bond acceptors (Lipinski definition) is 0. The van der Waals surface area contributed by atoms with Crippen molar-refractivity contribution in [3.63, 3.8) is 0 Å². The van der Waals surface area contributed by atoms with E-state index in [0.717, 1.165) is 17.8 Å². The lowest BCUT2D eigenvalue weighted by atomic mass is 9.78. The monoisotopic (exact) mass is 366 g/mol. The van der Waals surface area contributed by atoms with Crippen molar-refractivity contribution in [2.75, 3.05) is 0 Å². The molecule has 0 spiro atoms. The van der Waals surface area contributed by atoms with Crippen LogP contribution >= 0.6 is 0 Å². The lowest BCUT2D eigenvalue weighted by Gasteiger charge is -2.28. The van der Waals surface area contributed by atoms with Crippen molar-refractivity contribution in [3.8, 4) is 0 Å². The van der Waals surface area contributed by atoms with Crippen LogP contribution in [-0.4, -0.2) is 0 Å². The molecule has 0 aromatic rings. The van der Waals surface area contributed by atoms with Gasteiger partial charge in [-0.3, -0.25) is 0 Å². The Balaban J connectivity index is 3.68. The Kier molecular flexibility index (Phi) is 16.0. The molecule has 0 aliphatic carbocycles. The third kappa shape index (κ3) is 16.2. The molecule has 0 rings (SSSR count). The smallest absolute Gasteiger partial charge is 0.0352 e. The highest BCUT2D eigenvalue weighted by molar-refractivity contribution is 4.72. The summed E-state index contributed by atoms with van der Waals surface area (Å²) in [6.45, 7) is 17.0. The molecule has 0 amide bonds. The molecule has 0 radical (unpaired) electrons. The van der Waals surface area contributed by atoms with E-state index in [9.17, 15) is 0 Å². The van der Waals surface area contributed by atoms with Gasteiger partial charge in [-0.15, -0.1) is 0 Å². The molecular weight excluding hydrogens is 312 g/mol. The first-order valence-corrected chi connectivity index (χ1v) is 12.3. The molecule has 0 heteroatoms. The van der Waals surface area contributed by atoms with Gasteiger partial charge in [0.25, 0.3) is 0 Å². The topological polar surface area (TPSA) is 0 Å². The second-order valence-electron chi connectivity index (χ2n) is 10.5. The highest BCUT2D eigenvalue weighted by atomic mass is 14.3. The van der Waals surface area contributed by atoms with Gasteiger partial charge in [0.15, 0.2) is 0 Å². The fraction of sp³-hybridized carbons (Fsp3) is 1.00. The van der Waals surface area contributed by atoms with Gasteiger partial charge in [0.05, 0.1) is 0 Å². The third-order valence-electron chi connectivity index (χ3n) is 6.36. The summed E-state index contributed by atoms with van der Waals surface area (Å²) in [7, 11) is 0. The van der Waals surface area contributed by atoms with Crippen LogP contribution in [-0.2, 0) is 0 Å². The molecule has 0 heterocycles. The van der Waals surface area contributed by atoms with E-state index in [1.54, 1.807) is 0 Å². The van der Waals surface area contributed by atoms with Crippen LogP contribution in [0.5, 0.6) is 0 Å². The quantitative estimate of drug-likeness (QED) is 0.212. The third-order valence-corrected chi connectivity index (χ3v) is 6.36. The Morgan fingerprint density at radius 2 is 1.08 bits per heavy atom. The minimum absolute atomic E-state index is 0.549. The predicted molar refractivity (Wildman–Crippen MR) is 122 cm³/mol. The van der Waals surface area contributed by atoms with Crippen LogP contribution in [0.1, 0.15) is 145 Å². The summed E-state index contributed by atoms with van der Waals surface area (Å²) >= 11 is 0. The molecule has 3 atom stereocenters. The van der Waals surface area contributed by atoms with E-state index < -0.39 is 0 Å². The lowest BCUT2D eigenvalue weighted by molar-refractivity contribution is 0.238. The molecule has 0 aliphatic heterocycles. The van der Waals surface area contributed by atoms with E-state index in [-0.39, 0.29) is 0 Å². The van der Waals surface area contributed by atoms with E-state index in [4.69, 9.17) is 0 Å². The van der Waals surface area contributed by atoms with Crippen molar-refractivity contribution >= 4 is 0 Å². The SMILES string of the molecule is CCCCCC(C)CC(C)(C)CCCCCCC(C)CC(C)CCCC. The molecule has 26 heavy (non-hydrogen) atoms. The highest BCUT2D eigenvalue weighted by Crippen LogP contribution is 2.33. The summed E-state index contributed by atoms with van der Waals surface area (Å²) in [6, 6.07) is 0. The fourth-order valence-corrected chi connectivity index (χ4v) is 4.82. The number of rotatable bonds is 18. The van der Waals surface area contributed by atoms with Crippen LogP contribution in [0.4, 0.5) is 0 Å². The zero-order valence-corrected chi connectivity index (χ0v) is 19.8. The van der Waals surface area contributed by atoms with Gasteiger partial charge in [-0.05, 0) is 42.4 Å². The molecule has 0 aromatic heterocycles. The average molecular weight is 367 g/mol. The Morgan fingerprint density at radius 3 is 1.69 bits per heavy atom. The first-order valence-electron chi connectivity index (χ1n) is 12.3. The average Bonchev–Trinajstić information content (AvgIpc) is 2.55. The summed E-state index contributed by atoms with van der Waals surface area (Å²) in [5, 5.41) is 0. The molecule has 158 valence electrons. The van der Waals surface area contributed by atoms with Crippen LogP contribution in [0.3, 0.4) is 0 Å². The van der Waals surface area contributed by atoms with Crippen molar-refractivity contribution in [2.24, 2.45) is 23.2 Å². The van der Waals surface area contributed by atoms with E-state index in [1.165, 1.54) is 96.3 Å². The normalized spacial score (nSPS) is 15.8. The Morgan fingerprint density at radius 1 is 0.577 bits per heavy atom. The van der Waals surface area contributed by atoms with Gasteiger partial charge >= 0.3 is 0 Å². The molecule has 0 fully saturated rings. The fourth-order valence-electron chi connectivity index (χ4n) is 4.82. The summed E-state index contributed by atoms with van der Waals surface area (Å²) < 4.78 is 0. The van der Waals surface area contributed by atoms with Crippen LogP contribution in [0.2, 0.25) is 0 Å². The maximum Gasteiger partial charge on any atom is -0.0352 e. The summed E-state index contributed by atoms with van der Waals surface area (Å²) in [6.07, 6.45) is 21.4. The Hall–Kier alpha value is 0. The molecule has 0 saturated heterocycles. The zero-order valence-electron chi connectivity index (χ0n) is 19.8. The van der Waals surface area contributed by atoms with Crippen molar-refractivity contribution in [1.82, 2.24) is 0 Å². The molecular formula is C26H54. The lowest BCUT2D eigenvalue weighted by Crippen LogP contribution is -2.15. The number of hydrogen-bond donors (Lipinski definition) is 0. The highest BCUT2D eigenvalue weighted by Gasteiger charge is 2.20. The first-order chi connectivity index (χ1) is 12.3. The molecule has 0 bridgehead atoms. The molecule has 0 N–H and O–H groups in total. The van der Waals surface area contributed by atoms with Crippen LogP contribution < -0.4 is 0 Å².